The maximum Gasteiger partial charge on any atom is 0.242 e. The van der Waals surface area contributed by atoms with Crippen LogP contribution in [-0.4, -0.2) is 35.1 Å². The first-order valence-electron chi connectivity index (χ1n) is 4.93. The molecule has 0 aromatic carbocycles. The van der Waals surface area contributed by atoms with Gasteiger partial charge in [0.2, 0.25) is 11.8 Å². The Kier molecular flexibility index (Phi) is 2.41. The molecule has 0 aromatic heterocycles. The van der Waals surface area contributed by atoms with Crippen LogP contribution in [0.15, 0.2) is 0 Å². The van der Waals surface area contributed by atoms with Gasteiger partial charge in [0.1, 0.15) is 6.04 Å². The van der Waals surface area contributed by atoms with E-state index in [-0.39, 0.29) is 30.0 Å². The highest BCUT2D eigenvalue weighted by atomic mass is 16.3. The lowest BCUT2D eigenvalue weighted by Gasteiger charge is -2.32. The van der Waals surface area contributed by atoms with Crippen LogP contribution in [0.1, 0.15) is 25.7 Å². The normalized spacial score (nSPS) is 36.1. The Morgan fingerprint density at radius 3 is 2.71 bits per heavy atom. The third-order valence-corrected chi connectivity index (χ3v) is 2.77. The first kappa shape index (κ1) is 9.45. The van der Waals surface area contributed by atoms with Gasteiger partial charge in [-0.25, -0.2) is 0 Å². The number of hydrogen-bond donors (Lipinski definition) is 3. The SMILES string of the molecule is O=C1CCC(C(=O)NC2CC(O)C2)N1. The van der Waals surface area contributed by atoms with Gasteiger partial charge in [-0.2, -0.15) is 0 Å². The highest BCUT2D eigenvalue weighted by molar-refractivity contribution is 5.90. The van der Waals surface area contributed by atoms with Crippen LogP contribution in [0.4, 0.5) is 0 Å². The van der Waals surface area contributed by atoms with Crippen molar-refractivity contribution in [1.82, 2.24) is 10.6 Å². The second-order valence-electron chi connectivity index (χ2n) is 3.99. The van der Waals surface area contributed by atoms with E-state index >= 15 is 0 Å². The molecular weight excluding hydrogens is 184 g/mol. The highest BCUT2D eigenvalue weighted by Gasteiger charge is 2.32. The molecule has 1 saturated heterocycles. The second-order valence-corrected chi connectivity index (χ2v) is 3.99. The molecule has 0 bridgehead atoms. The lowest BCUT2D eigenvalue weighted by Crippen LogP contribution is -2.51. The van der Waals surface area contributed by atoms with Gasteiger partial charge < -0.3 is 15.7 Å². The summed E-state index contributed by atoms with van der Waals surface area (Å²) in [5.74, 6) is -0.174. The Labute approximate surface area is 81.9 Å². The van der Waals surface area contributed by atoms with Gasteiger partial charge in [0.05, 0.1) is 6.10 Å². The molecule has 2 aliphatic rings. The monoisotopic (exact) mass is 198 g/mol. The van der Waals surface area contributed by atoms with Gasteiger partial charge in [0.15, 0.2) is 0 Å². The van der Waals surface area contributed by atoms with E-state index in [4.69, 9.17) is 5.11 Å². The van der Waals surface area contributed by atoms with Crippen LogP contribution in [0.25, 0.3) is 0 Å². The van der Waals surface area contributed by atoms with E-state index in [2.05, 4.69) is 10.6 Å². The number of rotatable bonds is 2. The van der Waals surface area contributed by atoms with Gasteiger partial charge in [0, 0.05) is 12.5 Å². The zero-order valence-electron chi connectivity index (χ0n) is 7.82. The molecule has 2 amide bonds. The molecule has 3 N–H and O–H groups in total. The van der Waals surface area contributed by atoms with Crippen molar-refractivity contribution in [2.75, 3.05) is 0 Å². The van der Waals surface area contributed by atoms with Crippen LogP contribution in [0.3, 0.4) is 0 Å². The minimum Gasteiger partial charge on any atom is -0.393 e. The van der Waals surface area contributed by atoms with Gasteiger partial charge in [-0.3, -0.25) is 9.59 Å². The predicted molar refractivity (Wildman–Crippen MR) is 48.3 cm³/mol. The van der Waals surface area contributed by atoms with Gasteiger partial charge in [0.25, 0.3) is 0 Å². The fourth-order valence-corrected chi connectivity index (χ4v) is 1.82. The van der Waals surface area contributed by atoms with Crippen LogP contribution in [-0.2, 0) is 9.59 Å². The van der Waals surface area contributed by atoms with Crippen LogP contribution in [0.5, 0.6) is 0 Å². The number of aliphatic hydroxyl groups excluding tert-OH is 1. The molecule has 1 saturated carbocycles. The van der Waals surface area contributed by atoms with Gasteiger partial charge in [-0.05, 0) is 19.3 Å². The summed E-state index contributed by atoms with van der Waals surface area (Å²) in [4.78, 5) is 22.3. The summed E-state index contributed by atoms with van der Waals surface area (Å²) >= 11 is 0. The topological polar surface area (TPSA) is 78.4 Å². The van der Waals surface area contributed by atoms with Crippen molar-refractivity contribution >= 4 is 11.8 Å². The zero-order valence-corrected chi connectivity index (χ0v) is 7.82. The number of hydrogen-bond acceptors (Lipinski definition) is 3. The van der Waals surface area contributed by atoms with Crippen molar-refractivity contribution in [3.8, 4) is 0 Å². The number of carbonyl (C=O) groups excluding carboxylic acids is 2. The average Bonchev–Trinajstić information content (AvgIpc) is 2.49. The molecule has 78 valence electrons. The van der Waals surface area contributed by atoms with Crippen molar-refractivity contribution in [1.29, 1.82) is 0 Å². The number of amides is 2. The standard InChI is InChI=1S/C9H14N2O3/c12-6-3-5(4-6)10-9(14)7-1-2-8(13)11-7/h5-7,12H,1-4H2,(H,10,14)(H,11,13). The summed E-state index contributed by atoms with van der Waals surface area (Å²) in [7, 11) is 0. The molecule has 1 heterocycles. The van der Waals surface area contributed by atoms with Gasteiger partial charge in [-0.1, -0.05) is 0 Å². The molecule has 0 spiro atoms. The summed E-state index contributed by atoms with van der Waals surface area (Å²) < 4.78 is 0. The lowest BCUT2D eigenvalue weighted by molar-refractivity contribution is -0.127. The third-order valence-electron chi connectivity index (χ3n) is 2.77. The summed E-state index contributed by atoms with van der Waals surface area (Å²) in [6, 6.07) is -0.268. The molecule has 1 aliphatic carbocycles. The average molecular weight is 198 g/mol. The molecule has 2 fully saturated rings. The van der Waals surface area contributed by atoms with Crippen molar-refractivity contribution in [3.05, 3.63) is 0 Å². The van der Waals surface area contributed by atoms with E-state index in [1.54, 1.807) is 0 Å². The highest BCUT2D eigenvalue weighted by Crippen LogP contribution is 2.19. The summed E-state index contributed by atoms with van der Waals surface area (Å²) in [5, 5.41) is 14.4. The Bertz CT molecular complexity index is 261. The molecule has 1 atom stereocenters. The van der Waals surface area contributed by atoms with Gasteiger partial charge >= 0.3 is 0 Å². The maximum absolute atomic E-state index is 11.5. The molecule has 5 heteroatoms. The Morgan fingerprint density at radius 1 is 1.50 bits per heavy atom. The predicted octanol–water partition coefficient (Wildman–Crippen LogP) is -1.10. The molecule has 2 rings (SSSR count). The first-order valence-corrected chi connectivity index (χ1v) is 4.93. The molecule has 1 unspecified atom stereocenters. The maximum atomic E-state index is 11.5. The molecule has 0 radical (unpaired) electrons. The fraction of sp³-hybridized carbons (Fsp3) is 0.778. The molecule has 14 heavy (non-hydrogen) atoms. The van der Waals surface area contributed by atoms with E-state index in [1.165, 1.54) is 0 Å². The zero-order chi connectivity index (χ0) is 10.1. The Balaban J connectivity index is 1.76. The van der Waals surface area contributed by atoms with Crippen molar-refractivity contribution in [3.63, 3.8) is 0 Å². The minimum absolute atomic E-state index is 0.0567. The van der Waals surface area contributed by atoms with Crippen molar-refractivity contribution in [2.24, 2.45) is 0 Å². The van der Waals surface area contributed by atoms with Gasteiger partial charge in [-0.15, -0.1) is 0 Å². The smallest absolute Gasteiger partial charge is 0.242 e. The van der Waals surface area contributed by atoms with E-state index in [0.717, 1.165) is 0 Å². The van der Waals surface area contributed by atoms with Crippen molar-refractivity contribution in [2.45, 2.75) is 43.9 Å². The number of carbonyl (C=O) groups is 2. The van der Waals surface area contributed by atoms with Crippen molar-refractivity contribution < 1.29 is 14.7 Å². The lowest BCUT2D eigenvalue weighted by atomic mass is 9.89. The molecule has 1 aliphatic heterocycles. The minimum atomic E-state index is -0.361. The van der Waals surface area contributed by atoms with E-state index in [1.807, 2.05) is 0 Å². The molecule has 0 aromatic rings. The Hall–Kier alpha value is -1.10. The largest absolute Gasteiger partial charge is 0.393 e. The summed E-state index contributed by atoms with van der Waals surface area (Å²) in [6.07, 6.45) is 2.02. The summed E-state index contributed by atoms with van der Waals surface area (Å²) in [6.45, 7) is 0. The first-order chi connectivity index (χ1) is 6.65. The van der Waals surface area contributed by atoms with E-state index in [9.17, 15) is 9.59 Å². The summed E-state index contributed by atoms with van der Waals surface area (Å²) in [5.41, 5.74) is 0. The third kappa shape index (κ3) is 1.87. The van der Waals surface area contributed by atoms with Crippen LogP contribution in [0.2, 0.25) is 0 Å². The number of nitrogens with one attached hydrogen (secondary N) is 2. The van der Waals surface area contributed by atoms with E-state index in [0.29, 0.717) is 25.7 Å². The fourth-order valence-electron chi connectivity index (χ4n) is 1.82. The number of aliphatic hydroxyl groups is 1. The van der Waals surface area contributed by atoms with Crippen LogP contribution >= 0.6 is 0 Å². The molecule has 5 nitrogen and oxygen atoms in total. The van der Waals surface area contributed by atoms with Crippen LogP contribution < -0.4 is 10.6 Å². The quantitative estimate of drug-likeness (QED) is 0.527. The van der Waals surface area contributed by atoms with Crippen LogP contribution in [0, 0.1) is 0 Å². The van der Waals surface area contributed by atoms with E-state index < -0.39 is 0 Å². The molecular formula is C9H14N2O3. The second kappa shape index (κ2) is 3.57. The Morgan fingerprint density at radius 2 is 2.21 bits per heavy atom.